The standard InChI is InChI=1S/C10H19N3O.C5H8.C4H9N3/c1-6-14-8(2)9-7-13(12-11-9)10(3,4)5;1-4-5(2)3;1-4(2,3)6-7-5/h7-8H,6H2,1-5H3;1,5H,2-3H3;1-3H3. The summed E-state index contributed by atoms with van der Waals surface area (Å²) in [5, 5.41) is 11.6. The molecule has 1 atom stereocenters. The molecule has 0 spiro atoms. The van der Waals surface area contributed by atoms with E-state index in [1.54, 1.807) is 0 Å². The lowest BCUT2D eigenvalue weighted by atomic mass is 10.1. The van der Waals surface area contributed by atoms with E-state index in [2.05, 4.69) is 47.0 Å². The van der Waals surface area contributed by atoms with Crippen molar-refractivity contribution in [3.05, 3.63) is 22.3 Å². The second kappa shape index (κ2) is 12.3. The van der Waals surface area contributed by atoms with E-state index in [9.17, 15) is 0 Å². The van der Waals surface area contributed by atoms with E-state index in [4.69, 9.17) is 16.7 Å². The Kier molecular flexibility index (Phi) is 12.4. The van der Waals surface area contributed by atoms with Gasteiger partial charge in [0.25, 0.3) is 0 Å². The van der Waals surface area contributed by atoms with Gasteiger partial charge in [-0.2, -0.15) is 0 Å². The van der Waals surface area contributed by atoms with Crippen LogP contribution in [0, 0.1) is 18.3 Å². The summed E-state index contributed by atoms with van der Waals surface area (Å²) in [7, 11) is 0. The number of nitrogens with zero attached hydrogens (tertiary/aromatic N) is 6. The van der Waals surface area contributed by atoms with Crippen molar-refractivity contribution in [1.29, 1.82) is 0 Å². The summed E-state index contributed by atoms with van der Waals surface area (Å²) in [4.78, 5) is 2.63. The van der Waals surface area contributed by atoms with Gasteiger partial charge in [0.15, 0.2) is 0 Å². The van der Waals surface area contributed by atoms with Gasteiger partial charge in [0.05, 0.1) is 11.7 Å². The Morgan fingerprint density at radius 3 is 2.00 bits per heavy atom. The highest BCUT2D eigenvalue weighted by molar-refractivity contribution is 4.98. The van der Waals surface area contributed by atoms with Crippen LogP contribution in [0.3, 0.4) is 0 Å². The summed E-state index contributed by atoms with van der Waals surface area (Å²) in [6.07, 6.45) is 6.89. The third kappa shape index (κ3) is 14.3. The van der Waals surface area contributed by atoms with Crippen molar-refractivity contribution in [3.8, 4) is 12.3 Å². The molecule has 1 aromatic heterocycles. The van der Waals surface area contributed by atoms with Crippen molar-refractivity contribution in [3.63, 3.8) is 0 Å². The monoisotopic (exact) mass is 364 g/mol. The highest BCUT2D eigenvalue weighted by atomic mass is 16.5. The number of rotatable bonds is 3. The Morgan fingerprint density at radius 1 is 1.27 bits per heavy atom. The molecular formula is C19H36N6O. The van der Waals surface area contributed by atoms with Gasteiger partial charge in [-0.15, -0.1) is 17.4 Å². The van der Waals surface area contributed by atoms with E-state index in [1.165, 1.54) is 0 Å². The molecule has 0 fully saturated rings. The SMILES string of the molecule is C#CC(C)C.CC(C)(C)N=[N+]=[N-].CCOC(C)c1cn(C(C)(C)C)nn1. The van der Waals surface area contributed by atoms with Gasteiger partial charge < -0.3 is 4.74 Å². The first kappa shape index (κ1) is 26.2. The fourth-order valence-corrected chi connectivity index (χ4v) is 1.26. The van der Waals surface area contributed by atoms with Crippen LogP contribution in [-0.4, -0.2) is 27.1 Å². The van der Waals surface area contributed by atoms with Crippen LogP contribution in [0.4, 0.5) is 0 Å². The maximum absolute atomic E-state index is 7.86. The predicted octanol–water partition coefficient (Wildman–Crippen LogP) is 5.50. The summed E-state index contributed by atoms with van der Waals surface area (Å²) in [6.45, 7) is 20.5. The van der Waals surface area contributed by atoms with E-state index in [0.29, 0.717) is 12.5 Å². The molecule has 148 valence electrons. The van der Waals surface area contributed by atoms with Gasteiger partial charge in [0, 0.05) is 23.0 Å². The van der Waals surface area contributed by atoms with E-state index in [0.717, 1.165) is 5.69 Å². The van der Waals surface area contributed by atoms with Crippen LogP contribution in [0.1, 0.15) is 81.0 Å². The van der Waals surface area contributed by atoms with Gasteiger partial charge in [-0.05, 0) is 40.1 Å². The minimum atomic E-state index is -0.241. The summed E-state index contributed by atoms with van der Waals surface area (Å²) in [5.74, 6) is 2.94. The largest absolute Gasteiger partial charge is 0.372 e. The molecule has 0 aromatic carbocycles. The Balaban J connectivity index is 0. The van der Waals surface area contributed by atoms with Gasteiger partial charge in [0.2, 0.25) is 0 Å². The van der Waals surface area contributed by atoms with Crippen LogP contribution in [0.25, 0.3) is 10.4 Å². The van der Waals surface area contributed by atoms with Crippen LogP contribution in [-0.2, 0) is 10.3 Å². The molecule has 0 aliphatic rings. The molecule has 1 aromatic rings. The zero-order chi connectivity index (χ0) is 21.0. The summed E-state index contributed by atoms with van der Waals surface area (Å²) < 4.78 is 7.30. The summed E-state index contributed by atoms with van der Waals surface area (Å²) >= 11 is 0. The van der Waals surface area contributed by atoms with Crippen molar-refractivity contribution < 1.29 is 4.74 Å². The average Bonchev–Trinajstić information content (AvgIpc) is 2.97. The predicted molar refractivity (Wildman–Crippen MR) is 108 cm³/mol. The number of aromatic nitrogens is 3. The molecule has 0 amide bonds. The Hall–Kier alpha value is -2.03. The Labute approximate surface area is 159 Å². The number of hydrogen-bond donors (Lipinski definition) is 0. The fraction of sp³-hybridized carbons (Fsp3) is 0.789. The molecule has 0 saturated carbocycles. The quantitative estimate of drug-likeness (QED) is 0.307. The molecule has 0 saturated heterocycles. The first-order chi connectivity index (χ1) is 11.8. The molecule has 0 N–H and O–H groups in total. The molecule has 1 heterocycles. The lowest BCUT2D eigenvalue weighted by Gasteiger charge is -2.17. The van der Waals surface area contributed by atoms with E-state index in [-0.39, 0.29) is 17.2 Å². The number of ether oxygens (including phenoxy) is 1. The molecule has 1 rings (SSSR count). The van der Waals surface area contributed by atoms with Gasteiger partial charge in [-0.25, -0.2) is 4.68 Å². The van der Waals surface area contributed by atoms with Crippen LogP contribution >= 0.6 is 0 Å². The van der Waals surface area contributed by atoms with Crippen LogP contribution in [0.2, 0.25) is 0 Å². The Bertz CT molecular complexity index is 580. The Morgan fingerprint density at radius 2 is 1.77 bits per heavy atom. The van der Waals surface area contributed by atoms with Crippen LogP contribution in [0.15, 0.2) is 11.3 Å². The minimum absolute atomic E-state index is 0.0167. The van der Waals surface area contributed by atoms with Gasteiger partial charge in [-0.1, -0.05) is 44.9 Å². The van der Waals surface area contributed by atoms with Crippen LogP contribution < -0.4 is 0 Å². The molecule has 0 bridgehead atoms. The zero-order valence-corrected chi connectivity index (χ0v) is 18.1. The van der Waals surface area contributed by atoms with Gasteiger partial charge >= 0.3 is 0 Å². The first-order valence-electron chi connectivity index (χ1n) is 8.85. The average molecular weight is 365 g/mol. The molecule has 1 unspecified atom stereocenters. The van der Waals surface area contributed by atoms with Crippen molar-refractivity contribution >= 4 is 0 Å². The summed E-state index contributed by atoms with van der Waals surface area (Å²) in [6, 6.07) is 0. The van der Waals surface area contributed by atoms with Gasteiger partial charge in [0.1, 0.15) is 11.8 Å². The zero-order valence-electron chi connectivity index (χ0n) is 18.1. The molecule has 0 aliphatic heterocycles. The lowest BCUT2D eigenvalue weighted by molar-refractivity contribution is 0.0732. The number of hydrogen-bond acceptors (Lipinski definition) is 4. The van der Waals surface area contributed by atoms with Crippen molar-refractivity contribution in [2.75, 3.05) is 6.61 Å². The second-order valence-electron chi connectivity index (χ2n) is 8.04. The topological polar surface area (TPSA) is 88.7 Å². The molecule has 7 heteroatoms. The van der Waals surface area contributed by atoms with E-state index in [1.807, 2.05) is 59.3 Å². The van der Waals surface area contributed by atoms with Crippen molar-refractivity contribution in [2.45, 2.75) is 86.4 Å². The maximum atomic E-state index is 7.86. The highest BCUT2D eigenvalue weighted by Crippen LogP contribution is 2.17. The summed E-state index contributed by atoms with van der Waals surface area (Å²) in [5.41, 5.74) is 8.49. The van der Waals surface area contributed by atoms with Crippen LogP contribution in [0.5, 0.6) is 0 Å². The third-order valence-electron chi connectivity index (χ3n) is 2.71. The fourth-order valence-electron chi connectivity index (χ4n) is 1.26. The maximum Gasteiger partial charge on any atom is 0.111 e. The first-order valence-corrected chi connectivity index (χ1v) is 8.85. The molecule has 26 heavy (non-hydrogen) atoms. The second-order valence-corrected chi connectivity index (χ2v) is 8.04. The molecular weight excluding hydrogens is 328 g/mol. The van der Waals surface area contributed by atoms with Crippen molar-refractivity contribution in [1.82, 2.24) is 15.0 Å². The molecule has 7 nitrogen and oxygen atoms in total. The normalized spacial score (nSPS) is 11.9. The van der Waals surface area contributed by atoms with Gasteiger partial charge in [-0.3, -0.25) is 0 Å². The van der Waals surface area contributed by atoms with Crippen molar-refractivity contribution in [2.24, 2.45) is 11.0 Å². The molecule has 0 aliphatic carbocycles. The third-order valence-corrected chi connectivity index (χ3v) is 2.71. The molecule has 0 radical (unpaired) electrons. The smallest absolute Gasteiger partial charge is 0.111 e. The minimum Gasteiger partial charge on any atom is -0.372 e. The number of azide groups is 1. The highest BCUT2D eigenvalue weighted by Gasteiger charge is 2.17. The van der Waals surface area contributed by atoms with E-state index >= 15 is 0 Å². The lowest BCUT2D eigenvalue weighted by Crippen LogP contribution is -2.22. The number of terminal acetylenes is 1. The van der Waals surface area contributed by atoms with E-state index < -0.39 is 0 Å².